The number of benzene rings is 1. The van der Waals surface area contributed by atoms with Crippen LogP contribution in [0.25, 0.3) is 0 Å². The topological polar surface area (TPSA) is 70.7 Å². The molecule has 0 radical (unpaired) electrons. The van der Waals surface area contributed by atoms with Crippen molar-refractivity contribution >= 4 is 17.7 Å². The SMILES string of the molecule is CNC(=O)Oc1ccc2c(c1)C1(C)CCN(C(C)=O)C1N2. The Bertz CT molecular complexity index is 616. The highest BCUT2D eigenvalue weighted by atomic mass is 16.5. The standard InChI is InChI=1S/C15H19N3O3/c1-9(19)18-7-6-15(2)11-8-10(21-14(20)16-3)4-5-12(11)17-13(15)18/h4-5,8,13,17H,6-7H2,1-3H3,(H,16,20). The summed E-state index contributed by atoms with van der Waals surface area (Å²) in [6.07, 6.45) is 0.375. The zero-order chi connectivity index (χ0) is 15.2. The van der Waals surface area contributed by atoms with Crippen LogP contribution in [0.5, 0.6) is 5.75 Å². The number of hydrogen-bond acceptors (Lipinski definition) is 4. The number of fused-ring (bicyclic) bond motifs is 3. The molecule has 2 unspecified atom stereocenters. The molecule has 2 aliphatic rings. The van der Waals surface area contributed by atoms with Crippen molar-refractivity contribution in [3.8, 4) is 5.75 Å². The highest BCUT2D eigenvalue weighted by Gasteiger charge is 2.51. The van der Waals surface area contributed by atoms with Crippen LogP contribution in [-0.2, 0) is 10.2 Å². The van der Waals surface area contributed by atoms with Crippen molar-refractivity contribution in [3.63, 3.8) is 0 Å². The largest absolute Gasteiger partial charge is 0.412 e. The van der Waals surface area contributed by atoms with Crippen molar-refractivity contribution in [1.29, 1.82) is 0 Å². The van der Waals surface area contributed by atoms with Gasteiger partial charge in [-0.15, -0.1) is 0 Å². The van der Waals surface area contributed by atoms with Crippen LogP contribution in [0.1, 0.15) is 25.8 Å². The smallest absolute Gasteiger partial charge is 0.410 e. The van der Waals surface area contributed by atoms with Gasteiger partial charge in [0.15, 0.2) is 0 Å². The maximum Gasteiger partial charge on any atom is 0.412 e. The number of nitrogens with zero attached hydrogens (tertiary/aromatic N) is 1. The molecule has 2 aliphatic heterocycles. The summed E-state index contributed by atoms with van der Waals surface area (Å²) in [5.41, 5.74) is 1.94. The Morgan fingerprint density at radius 3 is 2.90 bits per heavy atom. The molecule has 2 heterocycles. The van der Waals surface area contributed by atoms with Gasteiger partial charge in [0.2, 0.25) is 5.91 Å². The molecule has 21 heavy (non-hydrogen) atoms. The van der Waals surface area contributed by atoms with Gasteiger partial charge in [0.1, 0.15) is 11.9 Å². The molecule has 3 rings (SSSR count). The average molecular weight is 289 g/mol. The lowest BCUT2D eigenvalue weighted by Gasteiger charge is -2.28. The first-order chi connectivity index (χ1) is 9.95. The fourth-order valence-electron chi connectivity index (χ4n) is 3.31. The fourth-order valence-corrected chi connectivity index (χ4v) is 3.31. The number of nitrogens with one attached hydrogen (secondary N) is 2. The Kier molecular flexibility index (Phi) is 3.04. The van der Waals surface area contributed by atoms with E-state index < -0.39 is 6.09 Å². The number of carbonyl (C=O) groups is 2. The minimum absolute atomic E-state index is 0.0275. The van der Waals surface area contributed by atoms with Gasteiger partial charge in [-0.2, -0.15) is 0 Å². The zero-order valence-electron chi connectivity index (χ0n) is 12.4. The summed E-state index contributed by atoms with van der Waals surface area (Å²) in [4.78, 5) is 24.9. The molecular formula is C15H19N3O3. The number of hydrogen-bond donors (Lipinski definition) is 2. The predicted octanol–water partition coefficient (Wildman–Crippen LogP) is 1.67. The van der Waals surface area contributed by atoms with Crippen LogP contribution in [-0.4, -0.2) is 36.7 Å². The first-order valence-corrected chi connectivity index (χ1v) is 7.03. The Balaban J connectivity index is 1.94. The van der Waals surface area contributed by atoms with Crippen molar-refractivity contribution in [2.45, 2.75) is 31.8 Å². The lowest BCUT2D eigenvalue weighted by Crippen LogP contribution is -2.44. The number of likely N-dealkylation sites (tertiary alicyclic amines) is 1. The quantitative estimate of drug-likeness (QED) is 0.825. The number of carbonyl (C=O) groups excluding carboxylic acids is 2. The summed E-state index contributed by atoms with van der Waals surface area (Å²) in [7, 11) is 1.52. The molecule has 2 atom stereocenters. The maximum atomic E-state index is 11.7. The van der Waals surface area contributed by atoms with E-state index in [1.54, 1.807) is 13.0 Å². The van der Waals surface area contributed by atoms with Crippen molar-refractivity contribution in [2.75, 3.05) is 18.9 Å². The minimum atomic E-state index is -0.487. The van der Waals surface area contributed by atoms with Crippen molar-refractivity contribution in [3.05, 3.63) is 23.8 Å². The Morgan fingerprint density at radius 1 is 1.48 bits per heavy atom. The molecule has 6 nitrogen and oxygen atoms in total. The molecule has 1 fully saturated rings. The summed E-state index contributed by atoms with van der Waals surface area (Å²) in [6.45, 7) is 4.48. The van der Waals surface area contributed by atoms with Gasteiger partial charge >= 0.3 is 6.09 Å². The van der Waals surface area contributed by atoms with Gasteiger partial charge in [-0.25, -0.2) is 4.79 Å². The summed E-state index contributed by atoms with van der Waals surface area (Å²) in [5, 5.41) is 5.84. The first-order valence-electron chi connectivity index (χ1n) is 7.03. The van der Waals surface area contributed by atoms with Gasteiger partial charge in [0.05, 0.1) is 0 Å². The van der Waals surface area contributed by atoms with E-state index in [1.165, 1.54) is 7.05 Å². The van der Waals surface area contributed by atoms with Crippen LogP contribution in [0.4, 0.5) is 10.5 Å². The van der Waals surface area contributed by atoms with E-state index in [9.17, 15) is 9.59 Å². The van der Waals surface area contributed by atoms with Crippen LogP contribution in [0.3, 0.4) is 0 Å². The summed E-state index contributed by atoms with van der Waals surface area (Å²) in [6, 6.07) is 5.54. The van der Waals surface area contributed by atoms with Crippen molar-refractivity contribution < 1.29 is 14.3 Å². The molecular weight excluding hydrogens is 270 g/mol. The van der Waals surface area contributed by atoms with Gasteiger partial charge in [0, 0.05) is 31.6 Å². The van der Waals surface area contributed by atoms with E-state index in [-0.39, 0.29) is 17.5 Å². The summed E-state index contributed by atoms with van der Waals surface area (Å²) in [5.74, 6) is 0.587. The Morgan fingerprint density at radius 2 is 2.24 bits per heavy atom. The first kappa shape index (κ1) is 13.7. The third-order valence-electron chi connectivity index (χ3n) is 4.50. The van der Waals surface area contributed by atoms with E-state index in [1.807, 2.05) is 17.0 Å². The Hall–Kier alpha value is -2.24. The van der Waals surface area contributed by atoms with E-state index in [2.05, 4.69) is 17.6 Å². The highest BCUT2D eigenvalue weighted by Crippen LogP contribution is 2.49. The molecule has 0 saturated carbocycles. The minimum Gasteiger partial charge on any atom is -0.410 e. The van der Waals surface area contributed by atoms with Gasteiger partial charge in [-0.3, -0.25) is 4.79 Å². The van der Waals surface area contributed by atoms with Crippen LogP contribution < -0.4 is 15.4 Å². The third-order valence-corrected chi connectivity index (χ3v) is 4.50. The van der Waals surface area contributed by atoms with E-state index in [4.69, 9.17) is 4.74 Å². The lowest BCUT2D eigenvalue weighted by molar-refractivity contribution is -0.129. The molecule has 6 heteroatoms. The normalized spacial score (nSPS) is 25.9. The Labute approximate surface area is 123 Å². The van der Waals surface area contributed by atoms with Crippen LogP contribution in [0.15, 0.2) is 18.2 Å². The molecule has 112 valence electrons. The van der Waals surface area contributed by atoms with Crippen LogP contribution >= 0.6 is 0 Å². The molecule has 2 N–H and O–H groups in total. The van der Waals surface area contributed by atoms with Gasteiger partial charge < -0.3 is 20.3 Å². The summed E-state index contributed by atoms with van der Waals surface area (Å²) < 4.78 is 5.20. The second kappa shape index (κ2) is 4.65. The molecule has 0 spiro atoms. The molecule has 1 aromatic rings. The number of ether oxygens (including phenoxy) is 1. The van der Waals surface area contributed by atoms with Crippen molar-refractivity contribution in [1.82, 2.24) is 10.2 Å². The maximum absolute atomic E-state index is 11.7. The third kappa shape index (κ3) is 2.02. The number of anilines is 1. The highest BCUT2D eigenvalue weighted by molar-refractivity contribution is 5.77. The fraction of sp³-hybridized carbons (Fsp3) is 0.467. The molecule has 2 amide bonds. The van der Waals surface area contributed by atoms with Gasteiger partial charge in [0.25, 0.3) is 0 Å². The van der Waals surface area contributed by atoms with E-state index in [0.717, 1.165) is 24.2 Å². The monoisotopic (exact) mass is 289 g/mol. The summed E-state index contributed by atoms with van der Waals surface area (Å²) >= 11 is 0. The molecule has 1 aromatic carbocycles. The molecule has 0 aliphatic carbocycles. The van der Waals surface area contributed by atoms with Crippen LogP contribution in [0, 0.1) is 0 Å². The predicted molar refractivity (Wildman–Crippen MR) is 78.3 cm³/mol. The van der Waals surface area contributed by atoms with Crippen molar-refractivity contribution in [2.24, 2.45) is 0 Å². The second-order valence-electron chi connectivity index (χ2n) is 5.77. The molecule has 0 aromatic heterocycles. The zero-order valence-corrected chi connectivity index (χ0v) is 12.4. The second-order valence-corrected chi connectivity index (χ2v) is 5.77. The average Bonchev–Trinajstić information content (AvgIpc) is 2.91. The number of amides is 2. The van der Waals surface area contributed by atoms with Gasteiger partial charge in [-0.1, -0.05) is 6.92 Å². The van der Waals surface area contributed by atoms with E-state index in [0.29, 0.717) is 5.75 Å². The molecule has 0 bridgehead atoms. The number of rotatable bonds is 1. The van der Waals surface area contributed by atoms with Gasteiger partial charge in [-0.05, 0) is 30.2 Å². The lowest BCUT2D eigenvalue weighted by atomic mass is 9.81. The van der Waals surface area contributed by atoms with E-state index >= 15 is 0 Å². The molecule has 1 saturated heterocycles. The van der Waals surface area contributed by atoms with Crippen LogP contribution in [0.2, 0.25) is 0 Å².